The van der Waals surface area contributed by atoms with Crippen molar-refractivity contribution in [3.8, 4) is 5.75 Å². The number of likely N-dealkylation sites (tertiary alicyclic amines) is 1. The highest BCUT2D eigenvalue weighted by atomic mass is 16.5. The molecule has 2 aromatic rings. The standard InChI is InChI=1S/C27H38N2O4/c1-19(2)33-26-9-8-22(13-20(26)3)18-29-12-10-27(32-5,21(4)17-29)15-24(30)14-25(31)23-7-6-11-28-16-23/h6-9,11,13,16,19,21,25,31H,10,12,14-15,17-18H2,1-5H3. The fourth-order valence-corrected chi connectivity index (χ4v) is 4.79. The number of hydrogen-bond acceptors (Lipinski definition) is 6. The summed E-state index contributed by atoms with van der Waals surface area (Å²) in [6.07, 6.45) is 3.77. The maximum absolute atomic E-state index is 12.8. The smallest absolute Gasteiger partial charge is 0.138 e. The average molecular weight is 455 g/mol. The lowest BCUT2D eigenvalue weighted by molar-refractivity contribution is -0.138. The highest BCUT2D eigenvalue weighted by molar-refractivity contribution is 5.80. The van der Waals surface area contributed by atoms with Crippen molar-refractivity contribution in [1.29, 1.82) is 0 Å². The summed E-state index contributed by atoms with van der Waals surface area (Å²) in [7, 11) is 1.70. The molecule has 1 N–H and O–H groups in total. The Morgan fingerprint density at radius 3 is 2.73 bits per heavy atom. The fraction of sp³-hybridized carbons (Fsp3) is 0.556. The number of carbonyl (C=O) groups excluding carboxylic acids is 1. The zero-order chi connectivity index (χ0) is 24.0. The third kappa shape index (κ3) is 6.62. The van der Waals surface area contributed by atoms with Crippen LogP contribution < -0.4 is 4.74 Å². The minimum atomic E-state index is -0.832. The number of hydrogen-bond donors (Lipinski definition) is 1. The summed E-state index contributed by atoms with van der Waals surface area (Å²) in [6, 6.07) is 9.95. The molecule has 0 radical (unpaired) electrons. The molecular formula is C27H38N2O4. The minimum absolute atomic E-state index is 0.0184. The lowest BCUT2D eigenvalue weighted by Gasteiger charge is -2.45. The molecule has 33 heavy (non-hydrogen) atoms. The second-order valence-corrected chi connectivity index (χ2v) is 9.64. The number of piperidine rings is 1. The predicted octanol–water partition coefficient (Wildman–Crippen LogP) is 4.49. The first-order chi connectivity index (χ1) is 15.7. The van der Waals surface area contributed by atoms with Gasteiger partial charge in [0.15, 0.2) is 0 Å². The van der Waals surface area contributed by atoms with Crippen LogP contribution in [0.5, 0.6) is 5.75 Å². The summed E-state index contributed by atoms with van der Waals surface area (Å²) in [5.41, 5.74) is 2.58. The second kappa shape index (κ2) is 11.2. The molecule has 6 heteroatoms. The molecule has 1 saturated heterocycles. The van der Waals surface area contributed by atoms with Crippen LogP contribution in [0.15, 0.2) is 42.7 Å². The zero-order valence-corrected chi connectivity index (χ0v) is 20.6. The number of benzene rings is 1. The molecule has 3 rings (SSSR count). The minimum Gasteiger partial charge on any atom is -0.491 e. The molecule has 2 heterocycles. The highest BCUT2D eigenvalue weighted by Crippen LogP contribution is 2.36. The van der Waals surface area contributed by atoms with E-state index < -0.39 is 11.7 Å². The van der Waals surface area contributed by atoms with Crippen LogP contribution in [0.2, 0.25) is 0 Å². The van der Waals surface area contributed by atoms with E-state index in [-0.39, 0.29) is 24.2 Å². The number of carbonyl (C=O) groups is 1. The molecule has 1 aromatic carbocycles. The number of rotatable bonds is 10. The molecule has 0 saturated carbocycles. The van der Waals surface area contributed by atoms with Crippen molar-refractivity contribution in [1.82, 2.24) is 9.88 Å². The fourth-order valence-electron chi connectivity index (χ4n) is 4.79. The first-order valence-corrected chi connectivity index (χ1v) is 11.9. The summed E-state index contributed by atoms with van der Waals surface area (Å²) < 4.78 is 11.8. The number of pyridine rings is 1. The van der Waals surface area contributed by atoms with Gasteiger partial charge in [-0.05, 0) is 61.9 Å². The van der Waals surface area contributed by atoms with E-state index in [0.29, 0.717) is 12.0 Å². The molecule has 0 aliphatic carbocycles. The Labute approximate surface area is 197 Å². The number of aromatic nitrogens is 1. The van der Waals surface area contributed by atoms with Crippen molar-refractivity contribution in [2.45, 2.75) is 71.3 Å². The van der Waals surface area contributed by atoms with Gasteiger partial charge in [-0.1, -0.05) is 25.1 Å². The van der Waals surface area contributed by atoms with Crippen LogP contribution in [0.25, 0.3) is 0 Å². The number of aryl methyl sites for hydroxylation is 1. The van der Waals surface area contributed by atoms with Crippen molar-refractivity contribution < 1.29 is 19.4 Å². The lowest BCUT2D eigenvalue weighted by atomic mass is 9.77. The summed E-state index contributed by atoms with van der Waals surface area (Å²) in [6.45, 7) is 10.9. The Morgan fingerprint density at radius 1 is 1.33 bits per heavy atom. The summed E-state index contributed by atoms with van der Waals surface area (Å²) in [4.78, 5) is 19.3. The quantitative estimate of drug-likeness (QED) is 0.570. The monoisotopic (exact) mass is 454 g/mol. The molecule has 0 spiro atoms. The number of nitrogens with zero attached hydrogens (tertiary/aromatic N) is 2. The van der Waals surface area contributed by atoms with Crippen molar-refractivity contribution in [3.05, 3.63) is 59.4 Å². The number of methoxy groups -OCH3 is 1. The van der Waals surface area contributed by atoms with E-state index in [1.54, 1.807) is 31.6 Å². The maximum atomic E-state index is 12.8. The number of aliphatic hydroxyl groups excluding tert-OH is 1. The Hall–Kier alpha value is -2.28. The molecule has 3 unspecified atom stereocenters. The Kier molecular flexibility index (Phi) is 8.63. The van der Waals surface area contributed by atoms with E-state index in [0.717, 1.165) is 37.4 Å². The third-order valence-corrected chi connectivity index (χ3v) is 6.68. The maximum Gasteiger partial charge on any atom is 0.138 e. The first-order valence-electron chi connectivity index (χ1n) is 11.9. The lowest BCUT2D eigenvalue weighted by Crippen LogP contribution is -2.52. The molecule has 6 nitrogen and oxygen atoms in total. The van der Waals surface area contributed by atoms with E-state index in [9.17, 15) is 9.90 Å². The van der Waals surface area contributed by atoms with Gasteiger partial charge >= 0.3 is 0 Å². The first kappa shape index (κ1) is 25.3. The van der Waals surface area contributed by atoms with Crippen molar-refractivity contribution in [2.75, 3.05) is 20.2 Å². The molecule has 1 aliphatic rings. The van der Waals surface area contributed by atoms with Gasteiger partial charge in [0.25, 0.3) is 0 Å². The molecule has 1 aliphatic heterocycles. The van der Waals surface area contributed by atoms with E-state index in [1.807, 2.05) is 13.8 Å². The van der Waals surface area contributed by atoms with E-state index in [1.165, 1.54) is 5.56 Å². The molecule has 3 atom stereocenters. The van der Waals surface area contributed by atoms with Gasteiger partial charge in [0.1, 0.15) is 11.5 Å². The Morgan fingerprint density at radius 2 is 2.12 bits per heavy atom. The van der Waals surface area contributed by atoms with Gasteiger partial charge < -0.3 is 14.6 Å². The van der Waals surface area contributed by atoms with Gasteiger partial charge in [-0.15, -0.1) is 0 Å². The van der Waals surface area contributed by atoms with Crippen LogP contribution in [0.3, 0.4) is 0 Å². The molecule has 1 aromatic heterocycles. The Balaban J connectivity index is 1.58. The van der Waals surface area contributed by atoms with Crippen LogP contribution in [-0.2, 0) is 16.1 Å². The van der Waals surface area contributed by atoms with E-state index in [2.05, 4.69) is 41.9 Å². The number of ether oxygens (including phenoxy) is 2. The van der Waals surface area contributed by atoms with Gasteiger partial charge in [0.2, 0.25) is 0 Å². The van der Waals surface area contributed by atoms with Gasteiger partial charge in [-0.25, -0.2) is 0 Å². The van der Waals surface area contributed by atoms with Crippen molar-refractivity contribution >= 4 is 5.78 Å². The molecule has 180 valence electrons. The summed E-state index contributed by atoms with van der Waals surface area (Å²) >= 11 is 0. The predicted molar refractivity (Wildman–Crippen MR) is 129 cm³/mol. The van der Waals surface area contributed by atoms with Crippen LogP contribution in [0.4, 0.5) is 0 Å². The SMILES string of the molecule is COC1(CC(=O)CC(O)c2cccnc2)CCN(Cc2ccc(OC(C)C)c(C)c2)CC1C. The Bertz CT molecular complexity index is 918. The zero-order valence-electron chi connectivity index (χ0n) is 20.6. The van der Waals surface area contributed by atoms with Crippen LogP contribution in [0.1, 0.15) is 62.8 Å². The van der Waals surface area contributed by atoms with Gasteiger partial charge in [0.05, 0.1) is 17.8 Å². The summed E-state index contributed by atoms with van der Waals surface area (Å²) in [5, 5.41) is 10.4. The molecule has 0 bridgehead atoms. The molecular weight excluding hydrogens is 416 g/mol. The van der Waals surface area contributed by atoms with E-state index in [4.69, 9.17) is 9.47 Å². The highest BCUT2D eigenvalue weighted by Gasteiger charge is 2.42. The van der Waals surface area contributed by atoms with Crippen molar-refractivity contribution in [3.63, 3.8) is 0 Å². The number of Topliss-reactive ketones (excluding diaryl/α,β-unsaturated/α-hetero) is 1. The van der Waals surface area contributed by atoms with Gasteiger partial charge in [0, 0.05) is 52.0 Å². The average Bonchev–Trinajstić information content (AvgIpc) is 2.78. The summed E-state index contributed by atoms with van der Waals surface area (Å²) in [5.74, 6) is 1.15. The molecule has 0 amide bonds. The molecule has 1 fully saturated rings. The van der Waals surface area contributed by atoms with E-state index >= 15 is 0 Å². The normalized spacial score (nSPS) is 22.3. The van der Waals surface area contributed by atoms with Gasteiger partial charge in [-0.3, -0.25) is 14.7 Å². The largest absolute Gasteiger partial charge is 0.491 e. The number of ketones is 1. The third-order valence-electron chi connectivity index (χ3n) is 6.68. The topological polar surface area (TPSA) is 71.9 Å². The van der Waals surface area contributed by atoms with Crippen molar-refractivity contribution in [2.24, 2.45) is 5.92 Å². The number of aliphatic hydroxyl groups is 1. The van der Waals surface area contributed by atoms with Crippen LogP contribution in [0, 0.1) is 12.8 Å². The van der Waals surface area contributed by atoms with Gasteiger partial charge in [-0.2, -0.15) is 0 Å². The second-order valence-electron chi connectivity index (χ2n) is 9.64. The van der Waals surface area contributed by atoms with Crippen LogP contribution >= 0.6 is 0 Å². The van der Waals surface area contributed by atoms with Crippen LogP contribution in [-0.4, -0.2) is 52.7 Å².